The quantitative estimate of drug-likeness (QED) is 0.824. The van der Waals surface area contributed by atoms with Crippen molar-refractivity contribution in [3.05, 3.63) is 22.2 Å². The third-order valence-electron chi connectivity index (χ3n) is 3.26. The number of urea groups is 1. The Morgan fingerprint density at radius 1 is 1.48 bits per heavy atom. The second-order valence-electron chi connectivity index (χ2n) is 4.58. The fraction of sp³-hybridized carbons (Fsp3) is 0.286. The van der Waals surface area contributed by atoms with Gasteiger partial charge in [-0.25, -0.2) is 4.79 Å². The molecule has 108 valence electrons. The molecule has 0 bridgehead atoms. The molecule has 1 aromatic carbocycles. The highest BCUT2D eigenvalue weighted by atomic mass is 79.9. The Hall–Kier alpha value is -2.20. The number of terminal acetylenes is 1. The molecule has 2 N–H and O–H groups in total. The van der Waals surface area contributed by atoms with Crippen molar-refractivity contribution in [2.45, 2.75) is 6.04 Å². The molecule has 1 aromatic rings. The van der Waals surface area contributed by atoms with Gasteiger partial charge in [0.05, 0.1) is 11.0 Å². The van der Waals surface area contributed by atoms with Crippen LogP contribution in [-0.4, -0.2) is 36.5 Å². The van der Waals surface area contributed by atoms with Gasteiger partial charge < -0.3 is 15.2 Å². The maximum atomic E-state index is 11.8. The molecule has 1 unspecified atom stereocenters. The van der Waals surface area contributed by atoms with Crippen molar-refractivity contribution in [2.24, 2.45) is 10.7 Å². The van der Waals surface area contributed by atoms with E-state index in [1.165, 1.54) is 4.90 Å². The van der Waals surface area contributed by atoms with Crippen LogP contribution in [0.4, 0.5) is 4.79 Å². The number of nitrogens with zero attached hydrogens (tertiary/aromatic N) is 2. The molecule has 2 amide bonds. The number of halogens is 1. The molecule has 21 heavy (non-hydrogen) atoms. The van der Waals surface area contributed by atoms with E-state index in [2.05, 4.69) is 26.8 Å². The van der Waals surface area contributed by atoms with Gasteiger partial charge in [-0.1, -0.05) is 5.92 Å². The molecule has 1 atom stereocenters. The number of rotatable bonds is 2. The average Bonchev–Trinajstić information content (AvgIpc) is 2.74. The van der Waals surface area contributed by atoms with E-state index in [0.717, 1.165) is 10.0 Å². The molecule has 0 spiro atoms. The topological polar surface area (TPSA) is 77.2 Å². The summed E-state index contributed by atoms with van der Waals surface area (Å²) >= 11 is 3.44. The zero-order valence-electron chi connectivity index (χ0n) is 11.0. The van der Waals surface area contributed by atoms with E-state index in [9.17, 15) is 4.79 Å². The molecule has 2 aliphatic rings. The fourth-order valence-electron chi connectivity index (χ4n) is 2.40. The number of amidine groups is 1. The minimum absolute atomic E-state index is 0.139. The Bertz CT molecular complexity index is 681. The van der Waals surface area contributed by atoms with Crippen LogP contribution in [0.3, 0.4) is 0 Å². The molecule has 2 heterocycles. The largest absolute Gasteiger partial charge is 0.486 e. The lowest BCUT2D eigenvalue weighted by Crippen LogP contribution is -2.33. The lowest BCUT2D eigenvalue weighted by Gasteiger charge is -2.25. The van der Waals surface area contributed by atoms with Crippen LogP contribution < -0.4 is 15.2 Å². The van der Waals surface area contributed by atoms with Crippen LogP contribution in [0, 0.1) is 12.3 Å². The number of amides is 2. The van der Waals surface area contributed by atoms with Crippen molar-refractivity contribution in [3.63, 3.8) is 0 Å². The van der Waals surface area contributed by atoms with Gasteiger partial charge in [-0.15, -0.1) is 6.42 Å². The summed E-state index contributed by atoms with van der Waals surface area (Å²) < 4.78 is 11.9. The zero-order valence-corrected chi connectivity index (χ0v) is 12.6. The number of benzene rings is 1. The van der Waals surface area contributed by atoms with Crippen molar-refractivity contribution >= 4 is 27.8 Å². The maximum Gasteiger partial charge on any atom is 0.346 e. The molecule has 0 saturated carbocycles. The minimum Gasteiger partial charge on any atom is -0.486 e. The van der Waals surface area contributed by atoms with E-state index >= 15 is 0 Å². The Labute approximate surface area is 130 Å². The van der Waals surface area contributed by atoms with Gasteiger partial charge in [0.15, 0.2) is 11.5 Å². The predicted molar refractivity (Wildman–Crippen MR) is 80.4 cm³/mol. The molecule has 0 saturated heterocycles. The highest BCUT2D eigenvalue weighted by Gasteiger charge is 2.35. The Morgan fingerprint density at radius 2 is 2.24 bits per heavy atom. The normalized spacial score (nSPS) is 20.2. The molecule has 0 fully saturated rings. The first kappa shape index (κ1) is 13.8. The Kier molecular flexibility index (Phi) is 3.47. The van der Waals surface area contributed by atoms with E-state index in [-0.39, 0.29) is 12.4 Å². The summed E-state index contributed by atoms with van der Waals surface area (Å²) in [6.45, 7) is 1.11. The van der Waals surface area contributed by atoms with Crippen LogP contribution in [0.5, 0.6) is 11.5 Å². The first-order valence-electron chi connectivity index (χ1n) is 6.29. The molecule has 7 heteroatoms. The monoisotopic (exact) mass is 349 g/mol. The maximum absolute atomic E-state index is 11.8. The van der Waals surface area contributed by atoms with Gasteiger partial charge in [0.25, 0.3) is 0 Å². The summed E-state index contributed by atoms with van der Waals surface area (Å²) in [6, 6.07) is 2.72. The second kappa shape index (κ2) is 5.30. The van der Waals surface area contributed by atoms with E-state index in [1.54, 1.807) is 6.07 Å². The Morgan fingerprint density at radius 3 is 3.00 bits per heavy atom. The van der Waals surface area contributed by atoms with Crippen LogP contribution in [0.25, 0.3) is 0 Å². The van der Waals surface area contributed by atoms with Gasteiger partial charge in [-0.3, -0.25) is 4.90 Å². The summed E-state index contributed by atoms with van der Waals surface area (Å²) in [5, 5.41) is 0. The second-order valence-corrected chi connectivity index (χ2v) is 5.44. The number of carbonyl (C=O) groups excluding carboxylic acids is 1. The van der Waals surface area contributed by atoms with E-state index in [4.69, 9.17) is 21.6 Å². The minimum atomic E-state index is -0.485. The highest BCUT2D eigenvalue weighted by molar-refractivity contribution is 9.10. The highest BCUT2D eigenvalue weighted by Crippen LogP contribution is 2.41. The van der Waals surface area contributed by atoms with E-state index in [0.29, 0.717) is 24.7 Å². The number of nitrogens with two attached hydrogens (primary N) is 1. The van der Waals surface area contributed by atoms with Crippen LogP contribution in [0.1, 0.15) is 11.6 Å². The average molecular weight is 350 g/mol. The molecule has 3 rings (SSSR count). The first-order valence-corrected chi connectivity index (χ1v) is 7.08. The molecule has 6 nitrogen and oxygen atoms in total. The summed E-state index contributed by atoms with van der Waals surface area (Å²) in [7, 11) is 0. The van der Waals surface area contributed by atoms with Crippen LogP contribution in [-0.2, 0) is 0 Å². The van der Waals surface area contributed by atoms with Crippen molar-refractivity contribution in [2.75, 3.05) is 19.8 Å². The van der Waals surface area contributed by atoms with E-state index in [1.807, 2.05) is 6.07 Å². The third-order valence-corrected chi connectivity index (χ3v) is 3.85. The van der Waals surface area contributed by atoms with Crippen LogP contribution in [0.15, 0.2) is 21.6 Å². The van der Waals surface area contributed by atoms with Gasteiger partial charge in [-0.2, -0.15) is 4.99 Å². The molecule has 0 radical (unpaired) electrons. The zero-order chi connectivity index (χ0) is 15.0. The summed E-state index contributed by atoms with van der Waals surface area (Å²) in [6.07, 6.45) is 5.31. The van der Waals surface area contributed by atoms with Crippen LogP contribution >= 0.6 is 15.9 Å². The van der Waals surface area contributed by atoms with Crippen molar-refractivity contribution in [3.8, 4) is 23.8 Å². The van der Waals surface area contributed by atoms with Gasteiger partial charge in [0.1, 0.15) is 25.1 Å². The van der Waals surface area contributed by atoms with Gasteiger partial charge in [0.2, 0.25) is 0 Å². The number of carbonyl (C=O) groups is 1. The first-order chi connectivity index (χ1) is 10.1. The SMILES string of the molecule is C#CCN1C(=O)N=C(N)C1c1cc(Br)c2c(c1)OCCO2. The number of aliphatic imine (C=N–C) groups is 1. The number of fused-ring (bicyclic) bond motifs is 1. The lowest BCUT2D eigenvalue weighted by molar-refractivity contribution is 0.170. The van der Waals surface area contributed by atoms with Crippen molar-refractivity contribution in [1.82, 2.24) is 4.90 Å². The van der Waals surface area contributed by atoms with E-state index < -0.39 is 12.1 Å². The molecular weight excluding hydrogens is 338 g/mol. The predicted octanol–water partition coefficient (Wildman–Crippen LogP) is 1.69. The summed E-state index contributed by atoms with van der Waals surface area (Å²) in [5.41, 5.74) is 6.65. The van der Waals surface area contributed by atoms with Crippen molar-refractivity contribution < 1.29 is 14.3 Å². The smallest absolute Gasteiger partial charge is 0.346 e. The summed E-state index contributed by atoms with van der Waals surface area (Å²) in [5.74, 6) is 3.92. The number of hydrogen-bond donors (Lipinski definition) is 1. The molecule has 0 aromatic heterocycles. The van der Waals surface area contributed by atoms with Crippen LogP contribution in [0.2, 0.25) is 0 Å². The van der Waals surface area contributed by atoms with Crippen molar-refractivity contribution in [1.29, 1.82) is 0 Å². The van der Waals surface area contributed by atoms with Gasteiger partial charge in [0, 0.05) is 0 Å². The third kappa shape index (κ3) is 2.32. The Balaban J connectivity index is 2.03. The lowest BCUT2D eigenvalue weighted by atomic mass is 10.0. The standard InChI is InChI=1S/C14H12BrN3O3/c1-2-3-18-11(13(16)17-14(18)19)8-6-9(15)12-10(7-8)20-4-5-21-12/h1,6-7,11H,3-5H2,(H2,16,17,19). The molecule has 0 aliphatic carbocycles. The number of ether oxygens (including phenoxy) is 2. The molecule has 2 aliphatic heterocycles. The summed E-state index contributed by atoms with van der Waals surface area (Å²) in [4.78, 5) is 17.1. The van der Waals surface area contributed by atoms with Gasteiger partial charge >= 0.3 is 6.03 Å². The molecular formula is C14H12BrN3O3. The fourth-order valence-corrected chi connectivity index (χ4v) is 2.98. The number of hydrogen-bond acceptors (Lipinski definition) is 4. The van der Waals surface area contributed by atoms with Gasteiger partial charge in [-0.05, 0) is 33.6 Å².